The number of amides is 1. The number of ether oxygens (including phenoxy) is 1. The molecule has 1 aliphatic carbocycles. The predicted octanol–water partition coefficient (Wildman–Crippen LogP) is 2.54. The highest BCUT2D eigenvalue weighted by atomic mass is 16.5. The van der Waals surface area contributed by atoms with E-state index in [0.29, 0.717) is 36.9 Å². The second-order valence-electron chi connectivity index (χ2n) is 8.07. The van der Waals surface area contributed by atoms with Gasteiger partial charge in [0.15, 0.2) is 5.82 Å². The lowest BCUT2D eigenvalue weighted by Crippen LogP contribution is -2.56. The highest BCUT2D eigenvalue weighted by Gasteiger charge is 2.43. The van der Waals surface area contributed by atoms with E-state index in [1.165, 1.54) is 7.11 Å². The number of esters is 1. The van der Waals surface area contributed by atoms with Gasteiger partial charge in [0.05, 0.1) is 7.11 Å². The number of carbonyl (C=O) groups excluding carboxylic acids is 2. The monoisotopic (exact) mass is 351 g/mol. The average molecular weight is 351 g/mol. The number of rotatable bonds is 5. The summed E-state index contributed by atoms with van der Waals surface area (Å²) in [6, 6.07) is 0. The molecule has 1 heterocycles. The average Bonchev–Trinajstić information content (AvgIpc) is 3.04. The number of aromatic nitrogens is 2. The van der Waals surface area contributed by atoms with E-state index in [0.717, 1.165) is 12.8 Å². The molecule has 1 fully saturated rings. The summed E-state index contributed by atoms with van der Waals surface area (Å²) >= 11 is 0. The minimum atomic E-state index is -0.899. The van der Waals surface area contributed by atoms with Gasteiger partial charge >= 0.3 is 5.97 Å². The molecule has 0 saturated heterocycles. The van der Waals surface area contributed by atoms with E-state index in [1.54, 1.807) is 0 Å². The van der Waals surface area contributed by atoms with Crippen LogP contribution in [0.1, 0.15) is 71.5 Å². The quantitative estimate of drug-likeness (QED) is 0.819. The second kappa shape index (κ2) is 7.54. The minimum Gasteiger partial charge on any atom is -0.467 e. The van der Waals surface area contributed by atoms with Gasteiger partial charge < -0.3 is 14.6 Å². The third kappa shape index (κ3) is 4.80. The maximum absolute atomic E-state index is 12.4. The van der Waals surface area contributed by atoms with Gasteiger partial charge in [-0.3, -0.25) is 4.79 Å². The van der Waals surface area contributed by atoms with E-state index in [2.05, 4.69) is 22.4 Å². The third-order valence-corrected chi connectivity index (χ3v) is 4.79. The van der Waals surface area contributed by atoms with Crippen molar-refractivity contribution in [3.8, 4) is 0 Å². The van der Waals surface area contributed by atoms with Crippen LogP contribution in [0.4, 0.5) is 0 Å². The van der Waals surface area contributed by atoms with Gasteiger partial charge in [-0.15, -0.1) is 0 Å². The van der Waals surface area contributed by atoms with Crippen LogP contribution in [0.2, 0.25) is 0 Å². The van der Waals surface area contributed by atoms with Crippen molar-refractivity contribution in [2.24, 2.45) is 5.92 Å². The number of aryl methyl sites for hydroxylation is 1. The van der Waals surface area contributed by atoms with Crippen molar-refractivity contribution in [3.63, 3.8) is 0 Å². The largest absolute Gasteiger partial charge is 0.467 e. The van der Waals surface area contributed by atoms with Crippen LogP contribution in [0.5, 0.6) is 0 Å². The van der Waals surface area contributed by atoms with E-state index in [4.69, 9.17) is 9.26 Å². The normalized spacial score (nSPS) is 24.0. The van der Waals surface area contributed by atoms with Crippen LogP contribution < -0.4 is 5.32 Å². The molecule has 140 valence electrons. The van der Waals surface area contributed by atoms with E-state index in [-0.39, 0.29) is 23.7 Å². The van der Waals surface area contributed by atoms with Crippen molar-refractivity contribution in [3.05, 3.63) is 11.7 Å². The molecular weight excluding hydrogens is 322 g/mol. The van der Waals surface area contributed by atoms with Crippen molar-refractivity contribution < 1.29 is 18.8 Å². The summed E-state index contributed by atoms with van der Waals surface area (Å²) in [5, 5.41) is 6.86. The molecule has 0 aliphatic heterocycles. The Morgan fingerprint density at radius 1 is 1.32 bits per heavy atom. The number of carbonyl (C=O) groups is 2. The summed E-state index contributed by atoms with van der Waals surface area (Å²) in [6.07, 6.45) is 3.56. The molecule has 2 rings (SSSR count). The molecule has 1 saturated carbocycles. The van der Waals surface area contributed by atoms with Gasteiger partial charge in [0.2, 0.25) is 11.8 Å². The lowest BCUT2D eigenvalue weighted by Gasteiger charge is -2.37. The first-order chi connectivity index (χ1) is 11.7. The molecule has 1 amide bonds. The van der Waals surface area contributed by atoms with Crippen LogP contribution in [0.15, 0.2) is 4.52 Å². The van der Waals surface area contributed by atoms with Crippen molar-refractivity contribution in [1.82, 2.24) is 15.5 Å². The second-order valence-corrected chi connectivity index (χ2v) is 8.07. The standard InChI is InChI=1S/C18H29N3O4/c1-12-8-10-18(11-9-12,16(23)24-5)20-13(22)6-7-14-19-15(21-25-14)17(2,3)4/h12H,6-11H2,1-5H3,(H,20,22). The summed E-state index contributed by atoms with van der Waals surface area (Å²) in [4.78, 5) is 29.0. The predicted molar refractivity (Wildman–Crippen MR) is 91.8 cm³/mol. The van der Waals surface area contributed by atoms with Crippen LogP contribution in [0.3, 0.4) is 0 Å². The minimum absolute atomic E-state index is 0.195. The maximum Gasteiger partial charge on any atom is 0.331 e. The fourth-order valence-electron chi connectivity index (χ4n) is 3.04. The first-order valence-electron chi connectivity index (χ1n) is 8.89. The van der Waals surface area contributed by atoms with E-state index in [9.17, 15) is 9.59 Å². The summed E-state index contributed by atoms with van der Waals surface area (Å²) in [5.41, 5.74) is -1.10. The summed E-state index contributed by atoms with van der Waals surface area (Å²) in [6.45, 7) is 8.15. The van der Waals surface area contributed by atoms with Crippen LogP contribution in [-0.2, 0) is 26.2 Å². The maximum atomic E-state index is 12.4. The lowest BCUT2D eigenvalue weighted by atomic mass is 9.77. The highest BCUT2D eigenvalue weighted by Crippen LogP contribution is 2.33. The molecule has 1 aromatic heterocycles. The van der Waals surface area contributed by atoms with Gasteiger partial charge in [-0.1, -0.05) is 32.9 Å². The van der Waals surface area contributed by atoms with Gasteiger partial charge in [-0.05, 0) is 31.6 Å². The number of nitrogens with one attached hydrogen (secondary N) is 1. The Kier molecular flexibility index (Phi) is 5.85. The van der Waals surface area contributed by atoms with Crippen LogP contribution in [-0.4, -0.2) is 34.7 Å². The lowest BCUT2D eigenvalue weighted by molar-refractivity contribution is -0.153. The van der Waals surface area contributed by atoms with Crippen LogP contribution in [0.25, 0.3) is 0 Å². The molecule has 7 nitrogen and oxygen atoms in total. The van der Waals surface area contributed by atoms with Crippen molar-refractivity contribution in [2.75, 3.05) is 7.11 Å². The van der Waals surface area contributed by atoms with Gasteiger partial charge in [-0.2, -0.15) is 4.98 Å². The van der Waals surface area contributed by atoms with E-state index >= 15 is 0 Å². The number of nitrogens with zero attached hydrogens (tertiary/aromatic N) is 2. The molecule has 1 aromatic rings. The first kappa shape index (κ1) is 19.4. The third-order valence-electron chi connectivity index (χ3n) is 4.79. The fourth-order valence-corrected chi connectivity index (χ4v) is 3.04. The highest BCUT2D eigenvalue weighted by molar-refractivity contribution is 5.88. The van der Waals surface area contributed by atoms with Crippen molar-refractivity contribution in [1.29, 1.82) is 0 Å². The van der Waals surface area contributed by atoms with Gasteiger partial charge in [0.1, 0.15) is 5.54 Å². The van der Waals surface area contributed by atoms with Gasteiger partial charge in [0.25, 0.3) is 0 Å². The van der Waals surface area contributed by atoms with Crippen LogP contribution >= 0.6 is 0 Å². The zero-order chi connectivity index (χ0) is 18.7. The Balaban J connectivity index is 1.95. The van der Waals surface area contributed by atoms with Crippen molar-refractivity contribution >= 4 is 11.9 Å². The molecule has 0 aromatic carbocycles. The van der Waals surface area contributed by atoms with Crippen molar-refractivity contribution in [2.45, 2.75) is 77.2 Å². The van der Waals surface area contributed by atoms with E-state index < -0.39 is 5.54 Å². The SMILES string of the molecule is COC(=O)C1(NC(=O)CCc2nc(C(C)(C)C)no2)CCC(C)CC1. The molecule has 0 unspecified atom stereocenters. The van der Waals surface area contributed by atoms with E-state index in [1.807, 2.05) is 20.8 Å². The molecule has 1 N–H and O–H groups in total. The smallest absolute Gasteiger partial charge is 0.331 e. The Morgan fingerprint density at radius 2 is 1.96 bits per heavy atom. The molecule has 0 bridgehead atoms. The molecular formula is C18H29N3O4. The zero-order valence-corrected chi connectivity index (χ0v) is 15.8. The van der Waals surface area contributed by atoms with Gasteiger partial charge in [-0.25, -0.2) is 4.79 Å². The number of hydrogen-bond donors (Lipinski definition) is 1. The zero-order valence-electron chi connectivity index (χ0n) is 15.8. The summed E-state index contributed by atoms with van der Waals surface area (Å²) in [7, 11) is 1.36. The van der Waals surface area contributed by atoms with Crippen LogP contribution in [0, 0.1) is 5.92 Å². The Labute approximate surface area is 148 Å². The molecule has 7 heteroatoms. The van der Waals surface area contributed by atoms with Gasteiger partial charge in [0, 0.05) is 18.3 Å². The Bertz CT molecular complexity index is 610. The number of methoxy groups -OCH3 is 1. The summed E-state index contributed by atoms with van der Waals surface area (Å²) < 4.78 is 10.1. The number of hydrogen-bond acceptors (Lipinski definition) is 6. The molecule has 0 radical (unpaired) electrons. The Morgan fingerprint density at radius 3 is 2.48 bits per heavy atom. The molecule has 0 atom stereocenters. The molecule has 1 aliphatic rings. The topological polar surface area (TPSA) is 94.3 Å². The summed E-state index contributed by atoms with van der Waals surface area (Å²) in [5.74, 6) is 1.06. The fraction of sp³-hybridized carbons (Fsp3) is 0.778. The molecule has 25 heavy (non-hydrogen) atoms. The Hall–Kier alpha value is -1.92. The molecule has 0 spiro atoms. The first-order valence-corrected chi connectivity index (χ1v) is 8.89.